The standard InChI is InChI=1S/C21H23N5O2.ClH/c27-21(20-15-26(25-24-20)17-9-11-22-12-10-17)23-14-16-5-4-8-19(13-16)28-18-6-2-1-3-7-18;/h1-8,13,15,17,22H,9-12,14H2,(H,23,27);1H. The van der Waals surface area contributed by atoms with Gasteiger partial charge in [0.05, 0.1) is 12.2 Å². The summed E-state index contributed by atoms with van der Waals surface area (Å²) in [5.74, 6) is 1.28. The highest BCUT2D eigenvalue weighted by Gasteiger charge is 2.18. The van der Waals surface area contributed by atoms with Crippen molar-refractivity contribution in [3.63, 3.8) is 0 Å². The van der Waals surface area contributed by atoms with Gasteiger partial charge < -0.3 is 15.4 Å². The zero-order chi connectivity index (χ0) is 19.2. The van der Waals surface area contributed by atoms with Crippen LogP contribution in [0.3, 0.4) is 0 Å². The van der Waals surface area contributed by atoms with Gasteiger partial charge in [-0.1, -0.05) is 35.5 Å². The molecule has 1 aromatic heterocycles. The maximum atomic E-state index is 12.4. The first-order valence-electron chi connectivity index (χ1n) is 9.50. The van der Waals surface area contributed by atoms with E-state index in [-0.39, 0.29) is 18.3 Å². The number of ether oxygens (including phenoxy) is 1. The van der Waals surface area contributed by atoms with Crippen LogP contribution >= 0.6 is 12.4 Å². The lowest BCUT2D eigenvalue weighted by Crippen LogP contribution is -2.29. The molecule has 29 heavy (non-hydrogen) atoms. The van der Waals surface area contributed by atoms with Crippen LogP contribution in [0.2, 0.25) is 0 Å². The summed E-state index contributed by atoms with van der Waals surface area (Å²) >= 11 is 0. The van der Waals surface area contributed by atoms with Gasteiger partial charge in [-0.15, -0.1) is 17.5 Å². The van der Waals surface area contributed by atoms with Crippen molar-refractivity contribution < 1.29 is 9.53 Å². The molecule has 0 saturated carbocycles. The fourth-order valence-electron chi connectivity index (χ4n) is 3.25. The van der Waals surface area contributed by atoms with Crippen LogP contribution in [0.25, 0.3) is 0 Å². The van der Waals surface area contributed by atoms with E-state index in [4.69, 9.17) is 4.74 Å². The van der Waals surface area contributed by atoms with Crippen molar-refractivity contribution in [3.05, 3.63) is 72.1 Å². The summed E-state index contributed by atoms with van der Waals surface area (Å²) in [6.45, 7) is 2.33. The quantitative estimate of drug-likeness (QED) is 0.647. The Labute approximate surface area is 175 Å². The highest BCUT2D eigenvalue weighted by Crippen LogP contribution is 2.22. The summed E-state index contributed by atoms with van der Waals surface area (Å²) in [7, 11) is 0. The van der Waals surface area contributed by atoms with Crippen LogP contribution in [-0.4, -0.2) is 34.0 Å². The SMILES string of the molecule is Cl.O=C(NCc1cccc(Oc2ccccc2)c1)c1cn(C2CCNCC2)nn1. The smallest absolute Gasteiger partial charge is 0.273 e. The van der Waals surface area contributed by atoms with Crippen molar-refractivity contribution in [2.45, 2.75) is 25.4 Å². The minimum atomic E-state index is -0.227. The normalized spacial score (nSPS) is 14.1. The molecule has 0 spiro atoms. The second-order valence-corrected chi connectivity index (χ2v) is 6.81. The third kappa shape index (κ3) is 5.56. The summed E-state index contributed by atoms with van der Waals surface area (Å²) in [6.07, 6.45) is 3.73. The number of carbonyl (C=O) groups is 1. The average molecular weight is 414 g/mol. The van der Waals surface area contributed by atoms with Crippen LogP contribution in [-0.2, 0) is 6.54 Å². The minimum Gasteiger partial charge on any atom is -0.457 e. The largest absolute Gasteiger partial charge is 0.457 e. The van der Waals surface area contributed by atoms with Crippen LogP contribution in [0.4, 0.5) is 0 Å². The van der Waals surface area contributed by atoms with Crippen molar-refractivity contribution in [3.8, 4) is 11.5 Å². The molecule has 0 radical (unpaired) electrons. The molecule has 1 aliphatic rings. The fraction of sp³-hybridized carbons (Fsp3) is 0.286. The summed E-state index contributed by atoms with van der Waals surface area (Å²) in [6, 6.07) is 17.6. The van der Waals surface area contributed by atoms with E-state index in [1.807, 2.05) is 59.3 Å². The zero-order valence-electron chi connectivity index (χ0n) is 16.0. The first-order valence-corrected chi connectivity index (χ1v) is 9.50. The number of carbonyl (C=O) groups excluding carboxylic acids is 1. The molecule has 2 N–H and O–H groups in total. The third-order valence-corrected chi connectivity index (χ3v) is 4.76. The van der Waals surface area contributed by atoms with Crippen molar-refractivity contribution in [2.75, 3.05) is 13.1 Å². The highest BCUT2D eigenvalue weighted by atomic mass is 35.5. The van der Waals surface area contributed by atoms with Crippen molar-refractivity contribution in [1.29, 1.82) is 0 Å². The van der Waals surface area contributed by atoms with E-state index >= 15 is 0 Å². The molecular weight excluding hydrogens is 390 g/mol. The Kier molecular flexibility index (Phi) is 7.21. The number of piperidine rings is 1. The molecule has 1 aliphatic heterocycles. The second-order valence-electron chi connectivity index (χ2n) is 6.81. The van der Waals surface area contributed by atoms with Crippen LogP contribution in [0, 0.1) is 0 Å². The molecule has 1 saturated heterocycles. The van der Waals surface area contributed by atoms with E-state index in [0.717, 1.165) is 43.0 Å². The van der Waals surface area contributed by atoms with Crippen molar-refractivity contribution >= 4 is 18.3 Å². The molecule has 8 heteroatoms. The number of nitrogens with one attached hydrogen (secondary N) is 2. The molecule has 1 fully saturated rings. The van der Waals surface area contributed by atoms with Gasteiger partial charge in [0.25, 0.3) is 5.91 Å². The van der Waals surface area contributed by atoms with E-state index in [0.29, 0.717) is 18.3 Å². The van der Waals surface area contributed by atoms with Gasteiger partial charge in [-0.25, -0.2) is 4.68 Å². The number of para-hydroxylation sites is 1. The zero-order valence-corrected chi connectivity index (χ0v) is 16.8. The van der Waals surface area contributed by atoms with Crippen molar-refractivity contribution in [2.24, 2.45) is 0 Å². The Hall–Kier alpha value is -2.90. The van der Waals surface area contributed by atoms with Gasteiger partial charge in [0.1, 0.15) is 11.5 Å². The van der Waals surface area contributed by atoms with Crippen LogP contribution in [0.1, 0.15) is 34.9 Å². The summed E-state index contributed by atoms with van der Waals surface area (Å²) in [5.41, 5.74) is 1.29. The number of hydrogen-bond acceptors (Lipinski definition) is 5. The predicted octanol–water partition coefficient (Wildman–Crippen LogP) is 3.35. The van der Waals surface area contributed by atoms with Crippen LogP contribution in [0.15, 0.2) is 60.8 Å². The third-order valence-electron chi connectivity index (χ3n) is 4.76. The number of hydrogen-bond donors (Lipinski definition) is 2. The minimum absolute atomic E-state index is 0. The lowest BCUT2D eigenvalue weighted by atomic mass is 10.1. The van der Waals surface area contributed by atoms with Gasteiger partial charge in [-0.05, 0) is 55.8 Å². The topological polar surface area (TPSA) is 81.1 Å². The molecule has 4 rings (SSSR count). The van der Waals surface area contributed by atoms with E-state index in [9.17, 15) is 4.79 Å². The van der Waals surface area contributed by atoms with Gasteiger partial charge >= 0.3 is 0 Å². The lowest BCUT2D eigenvalue weighted by Gasteiger charge is -2.22. The maximum Gasteiger partial charge on any atom is 0.273 e. The maximum absolute atomic E-state index is 12.4. The molecule has 0 atom stereocenters. The molecular formula is C21H24ClN5O2. The van der Waals surface area contributed by atoms with E-state index in [2.05, 4.69) is 20.9 Å². The van der Waals surface area contributed by atoms with Crippen LogP contribution in [0.5, 0.6) is 11.5 Å². The summed E-state index contributed by atoms with van der Waals surface area (Å²) in [5, 5.41) is 14.4. The Morgan fingerprint density at radius 1 is 1.10 bits per heavy atom. The van der Waals surface area contributed by atoms with E-state index in [1.165, 1.54) is 0 Å². The summed E-state index contributed by atoms with van der Waals surface area (Å²) in [4.78, 5) is 12.4. The molecule has 3 aromatic rings. The predicted molar refractivity (Wildman–Crippen MR) is 113 cm³/mol. The first-order chi connectivity index (χ1) is 13.8. The molecule has 0 bridgehead atoms. The molecule has 152 valence electrons. The van der Waals surface area contributed by atoms with Gasteiger partial charge in [0.15, 0.2) is 5.69 Å². The fourth-order valence-corrected chi connectivity index (χ4v) is 3.25. The van der Waals surface area contributed by atoms with E-state index in [1.54, 1.807) is 6.20 Å². The highest BCUT2D eigenvalue weighted by molar-refractivity contribution is 5.91. The number of amides is 1. The molecule has 1 amide bonds. The lowest BCUT2D eigenvalue weighted by molar-refractivity contribution is 0.0945. The van der Waals surface area contributed by atoms with Gasteiger partial charge in [-0.2, -0.15) is 0 Å². The molecule has 2 heterocycles. The Bertz CT molecular complexity index is 926. The second kappa shape index (κ2) is 10.0. The number of nitrogens with zero attached hydrogens (tertiary/aromatic N) is 3. The number of rotatable bonds is 6. The molecule has 2 aromatic carbocycles. The number of halogens is 1. The molecule has 0 aliphatic carbocycles. The first kappa shape index (κ1) is 20.8. The average Bonchev–Trinajstić information content (AvgIpc) is 3.24. The summed E-state index contributed by atoms with van der Waals surface area (Å²) < 4.78 is 7.65. The molecule has 7 nitrogen and oxygen atoms in total. The monoisotopic (exact) mass is 413 g/mol. The number of benzene rings is 2. The molecule has 0 unspecified atom stereocenters. The Morgan fingerprint density at radius 2 is 1.86 bits per heavy atom. The van der Waals surface area contributed by atoms with Crippen molar-refractivity contribution in [1.82, 2.24) is 25.6 Å². The Balaban J connectivity index is 0.00000240. The van der Waals surface area contributed by atoms with Gasteiger partial charge in [-0.3, -0.25) is 4.79 Å². The van der Waals surface area contributed by atoms with E-state index < -0.39 is 0 Å². The van der Waals surface area contributed by atoms with Gasteiger partial charge in [0.2, 0.25) is 0 Å². The van der Waals surface area contributed by atoms with Crippen LogP contribution < -0.4 is 15.4 Å². The van der Waals surface area contributed by atoms with Gasteiger partial charge in [0, 0.05) is 6.54 Å². The Morgan fingerprint density at radius 3 is 2.66 bits per heavy atom. The number of aromatic nitrogens is 3.